The van der Waals surface area contributed by atoms with E-state index in [4.69, 9.17) is 15.0 Å². The fourth-order valence-electron chi connectivity index (χ4n) is 1.75. The average Bonchev–Trinajstić information content (AvgIpc) is 2.78. The fraction of sp³-hybridized carbons (Fsp3) is 0.250. The minimum atomic E-state index is -0.318. The van der Waals surface area contributed by atoms with Crippen LogP contribution in [0.5, 0.6) is 5.75 Å². The van der Waals surface area contributed by atoms with Crippen molar-refractivity contribution in [2.75, 3.05) is 7.11 Å². The van der Waals surface area contributed by atoms with Gasteiger partial charge in [0.15, 0.2) is 0 Å². The van der Waals surface area contributed by atoms with E-state index < -0.39 is 0 Å². The van der Waals surface area contributed by atoms with E-state index in [9.17, 15) is 0 Å². The van der Waals surface area contributed by atoms with Crippen LogP contribution in [0.2, 0.25) is 0 Å². The number of furan rings is 1. The molecule has 0 aromatic carbocycles. The Kier molecular flexibility index (Phi) is 3.41. The normalized spacial score (nSPS) is 12.4. The Labute approximate surface area is 99.6 Å². The minimum Gasteiger partial charge on any atom is -0.495 e. The molecule has 5 heteroatoms. The van der Waals surface area contributed by atoms with E-state index >= 15 is 0 Å². The van der Waals surface area contributed by atoms with Gasteiger partial charge in [-0.05, 0) is 30.7 Å². The lowest BCUT2D eigenvalue weighted by Crippen LogP contribution is -2.30. The lowest BCUT2D eigenvalue weighted by Gasteiger charge is -2.16. The minimum absolute atomic E-state index is 0.318. The van der Waals surface area contributed by atoms with Crippen LogP contribution in [0, 0.1) is 6.92 Å². The lowest BCUT2D eigenvalue weighted by molar-refractivity contribution is 0.387. The number of ether oxygens (including phenoxy) is 1. The molecular weight excluding hydrogens is 218 g/mol. The smallest absolute Gasteiger partial charge is 0.142 e. The van der Waals surface area contributed by atoms with E-state index in [1.165, 1.54) is 0 Å². The molecule has 0 spiro atoms. The number of hydrogen-bond donors (Lipinski definition) is 2. The molecule has 2 aromatic rings. The first-order valence-electron chi connectivity index (χ1n) is 5.27. The number of nitrogens with two attached hydrogens (primary N) is 1. The fourth-order valence-corrected chi connectivity index (χ4v) is 1.75. The summed E-state index contributed by atoms with van der Waals surface area (Å²) in [4.78, 5) is 4.29. The second-order valence-electron chi connectivity index (χ2n) is 3.66. The molecule has 90 valence electrons. The van der Waals surface area contributed by atoms with Gasteiger partial charge in [0.1, 0.15) is 23.2 Å². The Hall–Kier alpha value is -1.85. The summed E-state index contributed by atoms with van der Waals surface area (Å²) in [5.41, 5.74) is 4.42. The third-order valence-electron chi connectivity index (χ3n) is 2.62. The van der Waals surface area contributed by atoms with Crippen LogP contribution in [0.1, 0.15) is 23.1 Å². The molecule has 5 nitrogen and oxygen atoms in total. The van der Waals surface area contributed by atoms with Gasteiger partial charge in [-0.2, -0.15) is 0 Å². The molecule has 2 rings (SSSR count). The van der Waals surface area contributed by atoms with Crippen LogP contribution in [0.3, 0.4) is 0 Å². The number of pyridine rings is 1. The van der Waals surface area contributed by atoms with Gasteiger partial charge in [0.2, 0.25) is 0 Å². The van der Waals surface area contributed by atoms with Crippen molar-refractivity contribution >= 4 is 0 Å². The molecule has 0 fully saturated rings. The van der Waals surface area contributed by atoms with Crippen LogP contribution < -0.4 is 16.0 Å². The number of rotatable bonds is 4. The van der Waals surface area contributed by atoms with Gasteiger partial charge in [-0.25, -0.2) is 5.43 Å². The number of aryl methyl sites for hydroxylation is 1. The molecule has 0 aliphatic rings. The monoisotopic (exact) mass is 233 g/mol. The number of aromatic nitrogens is 1. The highest BCUT2D eigenvalue weighted by Crippen LogP contribution is 2.29. The van der Waals surface area contributed by atoms with Crippen LogP contribution in [0.25, 0.3) is 0 Å². The second kappa shape index (κ2) is 4.99. The molecular formula is C12H15N3O2. The van der Waals surface area contributed by atoms with E-state index in [-0.39, 0.29) is 6.04 Å². The summed E-state index contributed by atoms with van der Waals surface area (Å²) >= 11 is 0. The van der Waals surface area contributed by atoms with Crippen LogP contribution in [0.4, 0.5) is 0 Å². The molecule has 0 amide bonds. The number of hydrogen-bond acceptors (Lipinski definition) is 5. The van der Waals surface area contributed by atoms with Crippen molar-refractivity contribution in [3.05, 3.63) is 47.7 Å². The van der Waals surface area contributed by atoms with Crippen molar-refractivity contribution in [3.63, 3.8) is 0 Å². The molecule has 1 unspecified atom stereocenters. The van der Waals surface area contributed by atoms with Gasteiger partial charge in [-0.3, -0.25) is 10.8 Å². The number of hydrazine groups is 1. The van der Waals surface area contributed by atoms with E-state index in [1.54, 1.807) is 19.6 Å². The van der Waals surface area contributed by atoms with Crippen molar-refractivity contribution < 1.29 is 9.15 Å². The molecule has 2 heterocycles. The predicted molar refractivity (Wildman–Crippen MR) is 63.4 cm³/mol. The van der Waals surface area contributed by atoms with Crippen LogP contribution in [-0.2, 0) is 0 Å². The topological polar surface area (TPSA) is 73.3 Å². The lowest BCUT2D eigenvalue weighted by atomic mass is 10.1. The first-order chi connectivity index (χ1) is 8.27. The predicted octanol–water partition coefficient (Wildman–Crippen LogP) is 1.54. The molecule has 1 atom stereocenters. The van der Waals surface area contributed by atoms with Crippen LogP contribution >= 0.6 is 0 Å². The van der Waals surface area contributed by atoms with Gasteiger partial charge in [0.25, 0.3) is 0 Å². The molecule has 0 saturated heterocycles. The third-order valence-corrected chi connectivity index (χ3v) is 2.62. The highest BCUT2D eigenvalue weighted by atomic mass is 16.5. The third kappa shape index (κ3) is 2.15. The standard InChI is InChI=1S/C12H15N3O2/c1-8-5-7-17-12(8)11(15-13)10-9(16-2)4-3-6-14-10/h3-7,11,15H,13H2,1-2H3. The Bertz CT molecular complexity index is 496. The Morgan fingerprint density at radius 2 is 2.29 bits per heavy atom. The Balaban J connectivity index is 2.46. The highest BCUT2D eigenvalue weighted by Gasteiger charge is 2.22. The molecule has 3 N–H and O–H groups in total. The molecule has 17 heavy (non-hydrogen) atoms. The van der Waals surface area contributed by atoms with Gasteiger partial charge in [0.05, 0.1) is 13.4 Å². The first kappa shape index (κ1) is 11.6. The molecule has 0 saturated carbocycles. The van der Waals surface area contributed by atoms with Crippen molar-refractivity contribution in [2.24, 2.45) is 5.84 Å². The quantitative estimate of drug-likeness (QED) is 0.619. The number of methoxy groups -OCH3 is 1. The molecule has 2 aromatic heterocycles. The Morgan fingerprint density at radius 1 is 1.47 bits per heavy atom. The second-order valence-corrected chi connectivity index (χ2v) is 3.66. The maximum Gasteiger partial charge on any atom is 0.142 e. The number of nitrogens with zero attached hydrogens (tertiary/aromatic N) is 1. The first-order valence-corrected chi connectivity index (χ1v) is 5.27. The SMILES string of the molecule is COc1cccnc1C(NN)c1occc1C. The molecule has 0 bridgehead atoms. The van der Waals surface area contributed by atoms with E-state index in [0.717, 1.165) is 11.3 Å². The van der Waals surface area contributed by atoms with Gasteiger partial charge < -0.3 is 9.15 Å². The molecule has 0 aliphatic heterocycles. The summed E-state index contributed by atoms with van der Waals surface area (Å²) in [6.07, 6.45) is 3.32. The summed E-state index contributed by atoms with van der Waals surface area (Å²) in [6.45, 7) is 1.96. The van der Waals surface area contributed by atoms with Gasteiger partial charge in [-0.1, -0.05) is 0 Å². The zero-order valence-corrected chi connectivity index (χ0v) is 9.81. The summed E-state index contributed by atoms with van der Waals surface area (Å²) in [5.74, 6) is 7.00. The number of nitrogens with one attached hydrogen (secondary N) is 1. The zero-order chi connectivity index (χ0) is 12.3. The zero-order valence-electron chi connectivity index (χ0n) is 9.81. The van der Waals surface area contributed by atoms with Crippen molar-refractivity contribution in [1.29, 1.82) is 0 Å². The van der Waals surface area contributed by atoms with Gasteiger partial charge >= 0.3 is 0 Å². The van der Waals surface area contributed by atoms with E-state index in [2.05, 4.69) is 10.4 Å². The van der Waals surface area contributed by atoms with Gasteiger partial charge in [-0.15, -0.1) is 0 Å². The van der Waals surface area contributed by atoms with Crippen molar-refractivity contribution in [3.8, 4) is 5.75 Å². The molecule has 0 radical (unpaired) electrons. The molecule has 0 aliphatic carbocycles. The van der Waals surface area contributed by atoms with Crippen LogP contribution in [-0.4, -0.2) is 12.1 Å². The van der Waals surface area contributed by atoms with Crippen LogP contribution in [0.15, 0.2) is 35.1 Å². The maximum absolute atomic E-state index is 5.58. The summed E-state index contributed by atoms with van der Waals surface area (Å²) in [6, 6.07) is 5.21. The van der Waals surface area contributed by atoms with E-state index in [0.29, 0.717) is 11.4 Å². The van der Waals surface area contributed by atoms with E-state index in [1.807, 2.05) is 25.1 Å². The average molecular weight is 233 g/mol. The van der Waals surface area contributed by atoms with Crippen molar-refractivity contribution in [2.45, 2.75) is 13.0 Å². The van der Waals surface area contributed by atoms with Crippen molar-refractivity contribution in [1.82, 2.24) is 10.4 Å². The van der Waals surface area contributed by atoms with Gasteiger partial charge in [0, 0.05) is 6.20 Å². The highest BCUT2D eigenvalue weighted by molar-refractivity contribution is 5.35. The summed E-state index contributed by atoms with van der Waals surface area (Å²) in [5, 5.41) is 0. The summed E-state index contributed by atoms with van der Waals surface area (Å²) in [7, 11) is 1.60. The summed E-state index contributed by atoms with van der Waals surface area (Å²) < 4.78 is 10.7. The Morgan fingerprint density at radius 3 is 2.88 bits per heavy atom. The largest absolute Gasteiger partial charge is 0.495 e. The maximum atomic E-state index is 5.58.